The summed E-state index contributed by atoms with van der Waals surface area (Å²) < 4.78 is 5.37. The summed E-state index contributed by atoms with van der Waals surface area (Å²) in [6.07, 6.45) is 3.29. The number of anilines is 2. The molecule has 2 aromatic rings. The van der Waals surface area contributed by atoms with E-state index >= 15 is 0 Å². The van der Waals surface area contributed by atoms with E-state index in [9.17, 15) is 4.79 Å². The van der Waals surface area contributed by atoms with Gasteiger partial charge in [0.25, 0.3) is 0 Å². The Morgan fingerprint density at radius 1 is 1.28 bits per heavy atom. The third kappa shape index (κ3) is 5.16. The first-order chi connectivity index (χ1) is 12.2. The van der Waals surface area contributed by atoms with Crippen molar-refractivity contribution in [1.82, 2.24) is 9.88 Å². The first-order valence-corrected chi connectivity index (χ1v) is 8.64. The van der Waals surface area contributed by atoms with E-state index in [0.29, 0.717) is 17.3 Å². The Bertz CT molecular complexity index is 692. The Balaban J connectivity index is 1.72. The highest BCUT2D eigenvalue weighted by Crippen LogP contribution is 2.20. The topological polar surface area (TPSA) is 57.7 Å². The molecule has 0 unspecified atom stereocenters. The highest BCUT2D eigenvalue weighted by atomic mass is 35.5. The van der Waals surface area contributed by atoms with Crippen molar-refractivity contribution >= 4 is 29.0 Å². The molecule has 2 heterocycles. The van der Waals surface area contributed by atoms with Crippen LogP contribution in [0.2, 0.25) is 5.02 Å². The van der Waals surface area contributed by atoms with Crippen LogP contribution in [-0.4, -0.2) is 55.3 Å². The van der Waals surface area contributed by atoms with Gasteiger partial charge in [-0.2, -0.15) is 0 Å². The minimum Gasteiger partial charge on any atom is -0.379 e. The number of carbonyl (C=O) groups is 1. The van der Waals surface area contributed by atoms with E-state index in [1.165, 1.54) is 0 Å². The number of morpholine rings is 1. The van der Waals surface area contributed by atoms with Crippen LogP contribution in [0.5, 0.6) is 0 Å². The zero-order valence-electron chi connectivity index (χ0n) is 13.9. The summed E-state index contributed by atoms with van der Waals surface area (Å²) in [6, 6.07) is 10.7. The second-order valence-corrected chi connectivity index (χ2v) is 6.19. The molecule has 2 amide bonds. The van der Waals surface area contributed by atoms with E-state index in [0.717, 1.165) is 38.5 Å². The number of rotatable bonds is 5. The number of hydrogen-bond acceptors (Lipinski definition) is 4. The third-order valence-electron chi connectivity index (χ3n) is 4.02. The maximum atomic E-state index is 12.8. The zero-order valence-corrected chi connectivity index (χ0v) is 14.7. The normalized spacial score (nSPS) is 14.9. The van der Waals surface area contributed by atoms with Crippen LogP contribution in [-0.2, 0) is 4.74 Å². The minimum atomic E-state index is -0.205. The fourth-order valence-electron chi connectivity index (χ4n) is 2.69. The van der Waals surface area contributed by atoms with E-state index in [-0.39, 0.29) is 6.03 Å². The van der Waals surface area contributed by atoms with Gasteiger partial charge >= 0.3 is 6.03 Å². The van der Waals surface area contributed by atoms with Crippen molar-refractivity contribution in [2.24, 2.45) is 0 Å². The Labute approximate surface area is 152 Å². The number of carbonyl (C=O) groups excluding carboxylic acids is 1. The number of ether oxygens (including phenoxy) is 1. The second-order valence-electron chi connectivity index (χ2n) is 5.76. The number of halogens is 1. The van der Waals surface area contributed by atoms with Crippen LogP contribution >= 0.6 is 11.6 Å². The first kappa shape index (κ1) is 17.7. The predicted molar refractivity (Wildman–Crippen MR) is 99.3 cm³/mol. The third-order valence-corrected chi connectivity index (χ3v) is 4.26. The smallest absolute Gasteiger partial charge is 0.326 e. The number of hydrogen-bond donors (Lipinski definition) is 1. The van der Waals surface area contributed by atoms with Gasteiger partial charge in [-0.05, 0) is 30.3 Å². The molecule has 0 radical (unpaired) electrons. The summed E-state index contributed by atoms with van der Waals surface area (Å²) in [7, 11) is 0. The van der Waals surface area contributed by atoms with Gasteiger partial charge in [-0.1, -0.05) is 17.7 Å². The molecule has 7 heteroatoms. The number of nitrogens with zero attached hydrogens (tertiary/aromatic N) is 3. The summed E-state index contributed by atoms with van der Waals surface area (Å²) in [4.78, 5) is 20.8. The Morgan fingerprint density at radius 2 is 2.12 bits per heavy atom. The summed E-state index contributed by atoms with van der Waals surface area (Å²) >= 11 is 6.11. The fourth-order valence-corrected chi connectivity index (χ4v) is 2.87. The first-order valence-electron chi connectivity index (χ1n) is 8.26. The van der Waals surface area contributed by atoms with Crippen molar-refractivity contribution in [3.05, 3.63) is 53.8 Å². The maximum absolute atomic E-state index is 12.8. The largest absolute Gasteiger partial charge is 0.379 e. The fraction of sp³-hybridized carbons (Fsp3) is 0.333. The van der Waals surface area contributed by atoms with Gasteiger partial charge in [0.2, 0.25) is 0 Å². The summed E-state index contributed by atoms with van der Waals surface area (Å²) in [6.45, 7) is 4.57. The van der Waals surface area contributed by atoms with Gasteiger partial charge in [-0.3, -0.25) is 14.8 Å². The quantitative estimate of drug-likeness (QED) is 0.890. The Hall–Kier alpha value is -2.15. The minimum absolute atomic E-state index is 0.205. The van der Waals surface area contributed by atoms with E-state index in [2.05, 4.69) is 15.2 Å². The molecule has 0 bridgehead atoms. The van der Waals surface area contributed by atoms with E-state index in [4.69, 9.17) is 16.3 Å². The number of aromatic nitrogens is 1. The molecule has 1 aromatic heterocycles. The van der Waals surface area contributed by atoms with Crippen molar-refractivity contribution in [3.63, 3.8) is 0 Å². The lowest BCUT2D eigenvalue weighted by atomic mass is 10.3. The van der Waals surface area contributed by atoms with Crippen LogP contribution in [0.1, 0.15) is 0 Å². The van der Waals surface area contributed by atoms with Crippen LogP contribution in [0, 0.1) is 0 Å². The molecule has 1 aromatic carbocycles. The van der Waals surface area contributed by atoms with Crippen molar-refractivity contribution < 1.29 is 9.53 Å². The molecular weight excluding hydrogens is 340 g/mol. The van der Waals surface area contributed by atoms with Crippen LogP contribution in [0.25, 0.3) is 0 Å². The Morgan fingerprint density at radius 3 is 2.84 bits per heavy atom. The molecule has 132 valence electrons. The van der Waals surface area contributed by atoms with E-state index < -0.39 is 0 Å². The number of nitrogens with one attached hydrogen (secondary N) is 1. The maximum Gasteiger partial charge on any atom is 0.326 e. The van der Waals surface area contributed by atoms with Gasteiger partial charge in [-0.25, -0.2) is 4.79 Å². The van der Waals surface area contributed by atoms with Gasteiger partial charge < -0.3 is 10.1 Å². The molecule has 1 saturated heterocycles. The van der Waals surface area contributed by atoms with Gasteiger partial charge in [0.15, 0.2) is 0 Å². The summed E-state index contributed by atoms with van der Waals surface area (Å²) in [5.41, 5.74) is 1.42. The zero-order chi connectivity index (χ0) is 17.5. The molecule has 0 spiro atoms. The van der Waals surface area contributed by atoms with Crippen molar-refractivity contribution in [1.29, 1.82) is 0 Å². The number of urea groups is 1. The predicted octanol–water partition coefficient (Wildman–Crippen LogP) is 3.11. The molecule has 1 aliphatic rings. The van der Waals surface area contributed by atoms with Crippen molar-refractivity contribution in [2.75, 3.05) is 49.6 Å². The number of amides is 2. The molecular formula is C18H21ClN4O2. The van der Waals surface area contributed by atoms with Crippen LogP contribution in [0.4, 0.5) is 16.2 Å². The molecule has 0 saturated carbocycles. The van der Waals surface area contributed by atoms with Crippen molar-refractivity contribution in [2.45, 2.75) is 0 Å². The highest BCUT2D eigenvalue weighted by Gasteiger charge is 2.19. The molecule has 6 nitrogen and oxygen atoms in total. The number of benzene rings is 1. The van der Waals surface area contributed by atoms with Gasteiger partial charge in [-0.15, -0.1) is 0 Å². The Kier molecular flexibility index (Phi) is 6.22. The lowest BCUT2D eigenvalue weighted by Gasteiger charge is -2.30. The SMILES string of the molecule is O=C(Nc1cccnc1)N(CCN1CCOCC1)c1cccc(Cl)c1. The lowest BCUT2D eigenvalue weighted by molar-refractivity contribution is 0.0393. The number of pyridine rings is 1. The average Bonchev–Trinajstić information content (AvgIpc) is 2.64. The van der Waals surface area contributed by atoms with Crippen LogP contribution < -0.4 is 10.2 Å². The van der Waals surface area contributed by atoms with Crippen LogP contribution in [0.15, 0.2) is 48.8 Å². The molecule has 3 rings (SSSR count). The molecule has 25 heavy (non-hydrogen) atoms. The summed E-state index contributed by atoms with van der Waals surface area (Å²) in [5, 5.41) is 3.49. The molecule has 1 aliphatic heterocycles. The van der Waals surface area contributed by atoms with E-state index in [1.807, 2.05) is 18.2 Å². The average molecular weight is 361 g/mol. The highest BCUT2D eigenvalue weighted by molar-refractivity contribution is 6.31. The summed E-state index contributed by atoms with van der Waals surface area (Å²) in [5.74, 6) is 0. The second kappa shape index (κ2) is 8.80. The standard InChI is InChI=1S/C18H21ClN4O2/c19-15-3-1-5-17(13-15)23(8-7-22-9-11-25-12-10-22)18(24)21-16-4-2-6-20-14-16/h1-6,13-14H,7-12H2,(H,21,24). The van der Waals surface area contributed by atoms with Gasteiger partial charge in [0.05, 0.1) is 25.1 Å². The van der Waals surface area contributed by atoms with Crippen molar-refractivity contribution in [3.8, 4) is 0 Å². The molecule has 1 N–H and O–H groups in total. The van der Waals surface area contributed by atoms with E-state index in [1.54, 1.807) is 35.5 Å². The van der Waals surface area contributed by atoms with Gasteiger partial charge in [0, 0.05) is 43.1 Å². The van der Waals surface area contributed by atoms with Gasteiger partial charge in [0.1, 0.15) is 0 Å². The monoisotopic (exact) mass is 360 g/mol. The molecule has 0 aliphatic carbocycles. The lowest BCUT2D eigenvalue weighted by Crippen LogP contribution is -2.44. The van der Waals surface area contributed by atoms with Crippen LogP contribution in [0.3, 0.4) is 0 Å². The molecule has 0 atom stereocenters. The molecule has 1 fully saturated rings.